The fourth-order valence-corrected chi connectivity index (χ4v) is 6.12. The fourth-order valence-electron chi connectivity index (χ4n) is 5.23. The first-order valence-electron chi connectivity index (χ1n) is 13.7. The van der Waals surface area contributed by atoms with Crippen LogP contribution >= 0.6 is 11.9 Å². The molecule has 0 aliphatic heterocycles. The molecule has 1 amide bonds. The highest BCUT2D eigenvalue weighted by molar-refractivity contribution is 7.97. The first kappa shape index (κ1) is 27.0. The Kier molecular flexibility index (Phi) is 8.64. The van der Waals surface area contributed by atoms with Crippen LogP contribution in [0.2, 0.25) is 0 Å². The van der Waals surface area contributed by atoms with Gasteiger partial charge in [-0.05, 0) is 102 Å². The quantitative estimate of drug-likeness (QED) is 0.221. The van der Waals surface area contributed by atoms with Gasteiger partial charge in [0.25, 0.3) is 0 Å². The summed E-state index contributed by atoms with van der Waals surface area (Å²) in [4.78, 5) is 31.0. The number of aromatic nitrogens is 1. The molecule has 0 fully saturated rings. The van der Waals surface area contributed by atoms with Crippen molar-refractivity contribution in [3.05, 3.63) is 129 Å². The number of carbonyl (C=O) groups excluding carboxylic acids is 1. The lowest BCUT2D eigenvalue weighted by Gasteiger charge is -2.25. The molecule has 0 saturated heterocycles. The topological polar surface area (TPSA) is 65.2 Å². The molecule has 4 aromatic rings. The third-order valence-corrected chi connectivity index (χ3v) is 8.39. The van der Waals surface area contributed by atoms with Crippen molar-refractivity contribution in [2.75, 3.05) is 4.90 Å². The van der Waals surface area contributed by atoms with E-state index in [1.54, 1.807) is 24.2 Å². The Morgan fingerprint density at radius 3 is 2.62 bits per heavy atom. The monoisotopic (exact) mass is 537 g/mol. The molecule has 39 heavy (non-hydrogen) atoms. The Morgan fingerprint density at radius 1 is 1.03 bits per heavy atom. The predicted octanol–water partition coefficient (Wildman–Crippen LogP) is 6.70. The number of carbonyl (C=O) groups is 1. The van der Waals surface area contributed by atoms with Crippen molar-refractivity contribution in [2.24, 2.45) is 0 Å². The minimum Gasteiger partial charge on any atom is -0.329 e. The number of pyridine rings is 1. The van der Waals surface area contributed by atoms with E-state index in [-0.39, 0.29) is 17.5 Å². The molecule has 200 valence electrons. The molecule has 1 atom stereocenters. The van der Waals surface area contributed by atoms with Gasteiger partial charge in [0.1, 0.15) is 0 Å². The number of fused-ring (bicyclic) bond motifs is 1. The highest BCUT2D eigenvalue weighted by atomic mass is 32.2. The highest BCUT2D eigenvalue weighted by Crippen LogP contribution is 2.37. The van der Waals surface area contributed by atoms with Gasteiger partial charge in [0, 0.05) is 35.3 Å². The number of hydrogen-bond acceptors (Lipinski definition) is 4. The predicted molar refractivity (Wildman–Crippen MR) is 160 cm³/mol. The summed E-state index contributed by atoms with van der Waals surface area (Å²) in [5.41, 5.74) is 8.06. The number of aromatic amines is 1. The lowest BCUT2D eigenvalue weighted by molar-refractivity contribution is -0.118. The van der Waals surface area contributed by atoms with E-state index in [0.29, 0.717) is 19.4 Å². The zero-order chi connectivity index (χ0) is 27.2. The van der Waals surface area contributed by atoms with E-state index < -0.39 is 0 Å². The van der Waals surface area contributed by atoms with Crippen LogP contribution in [-0.2, 0) is 30.6 Å². The summed E-state index contributed by atoms with van der Waals surface area (Å²) >= 11 is 1.68. The van der Waals surface area contributed by atoms with Crippen LogP contribution in [0.4, 0.5) is 5.69 Å². The molecule has 0 saturated carbocycles. The lowest BCUT2D eigenvalue weighted by Crippen LogP contribution is -2.31. The van der Waals surface area contributed by atoms with E-state index in [1.807, 2.05) is 23.1 Å². The molecule has 5 nitrogen and oxygen atoms in total. The first-order chi connectivity index (χ1) is 19.0. The van der Waals surface area contributed by atoms with E-state index in [9.17, 15) is 9.59 Å². The zero-order valence-corrected chi connectivity index (χ0v) is 23.4. The van der Waals surface area contributed by atoms with Crippen molar-refractivity contribution in [1.29, 1.82) is 0 Å². The molecule has 0 radical (unpaired) electrons. The molecule has 1 aliphatic carbocycles. The van der Waals surface area contributed by atoms with Crippen molar-refractivity contribution in [1.82, 2.24) is 9.71 Å². The molecule has 6 heteroatoms. The molecule has 0 spiro atoms. The molecular weight excluding hydrogens is 502 g/mol. The first-order valence-corrected chi connectivity index (χ1v) is 14.5. The zero-order valence-electron chi connectivity index (χ0n) is 22.6. The minimum absolute atomic E-state index is 0.0633. The molecule has 1 aliphatic rings. The van der Waals surface area contributed by atoms with Crippen LogP contribution in [0.3, 0.4) is 0 Å². The maximum Gasteiger partial charge on any atom is 0.247 e. The van der Waals surface area contributed by atoms with Crippen LogP contribution in [0.1, 0.15) is 59.2 Å². The Balaban J connectivity index is 1.36. The number of H-pyrrole nitrogens is 1. The number of benzene rings is 3. The summed E-state index contributed by atoms with van der Waals surface area (Å²) in [7, 11) is 0. The highest BCUT2D eigenvalue weighted by Gasteiger charge is 2.25. The molecular formula is C33H35N3O2S. The number of anilines is 1. The second-order valence-electron chi connectivity index (χ2n) is 10.2. The van der Waals surface area contributed by atoms with Crippen LogP contribution < -0.4 is 15.2 Å². The van der Waals surface area contributed by atoms with Gasteiger partial charge in [0.05, 0.1) is 6.54 Å². The Bertz CT molecular complexity index is 1480. The molecule has 0 bridgehead atoms. The number of amides is 1. The van der Waals surface area contributed by atoms with Crippen molar-refractivity contribution in [3.63, 3.8) is 0 Å². The maximum absolute atomic E-state index is 13.6. The fraction of sp³-hybridized carbons (Fsp3) is 0.273. The maximum atomic E-state index is 13.6. The lowest BCUT2D eigenvalue weighted by atomic mass is 10.1. The summed E-state index contributed by atoms with van der Waals surface area (Å²) in [6.07, 6.45) is 5.88. The van der Waals surface area contributed by atoms with Crippen LogP contribution in [-0.4, -0.2) is 10.9 Å². The number of aryl methyl sites for hydroxylation is 4. The van der Waals surface area contributed by atoms with Crippen molar-refractivity contribution >= 4 is 23.5 Å². The Morgan fingerprint density at radius 2 is 1.87 bits per heavy atom. The Labute approximate surface area is 234 Å². The normalized spacial score (nSPS) is 14.3. The van der Waals surface area contributed by atoms with Crippen LogP contribution in [0.15, 0.2) is 94.7 Å². The van der Waals surface area contributed by atoms with Gasteiger partial charge in [-0.25, -0.2) is 0 Å². The number of nitrogens with zero attached hydrogens (tertiary/aromatic N) is 1. The summed E-state index contributed by atoms with van der Waals surface area (Å²) in [6.45, 7) is 4.76. The second kappa shape index (κ2) is 12.5. The number of nitrogens with one attached hydrogen (secondary N) is 2. The largest absolute Gasteiger partial charge is 0.329 e. The number of hydrogen-bond donors (Lipinski definition) is 2. The number of rotatable bonds is 10. The van der Waals surface area contributed by atoms with Crippen LogP contribution in [0.25, 0.3) is 0 Å². The van der Waals surface area contributed by atoms with Gasteiger partial charge in [-0.15, -0.1) is 0 Å². The van der Waals surface area contributed by atoms with E-state index >= 15 is 0 Å². The van der Waals surface area contributed by atoms with Crippen LogP contribution in [0.5, 0.6) is 0 Å². The van der Waals surface area contributed by atoms with Gasteiger partial charge in [-0.3, -0.25) is 14.3 Å². The molecule has 1 heterocycles. The van der Waals surface area contributed by atoms with Gasteiger partial charge in [-0.2, -0.15) is 0 Å². The third kappa shape index (κ3) is 6.70. The summed E-state index contributed by atoms with van der Waals surface area (Å²) < 4.78 is 3.69. The van der Waals surface area contributed by atoms with Gasteiger partial charge in [0.2, 0.25) is 11.5 Å². The second-order valence-corrected chi connectivity index (χ2v) is 11.1. The minimum atomic E-state index is -0.149. The molecule has 1 aromatic heterocycles. The standard InChI is InChI=1S/C33H35N3O2S/c1-3-26-12-15-29(19-23(26)2)39-35-31-16-13-27-11-14-28(20-30(27)31)36(22-25-9-17-32(37)34-21-25)33(38)18-10-24-7-5-4-6-8-24/h4-9,11-12,14-15,17,19-21,31,35H,3,10,13,16,18,22H2,1-2H3,(H,34,37). The molecule has 1 unspecified atom stereocenters. The van der Waals surface area contributed by atoms with Crippen LogP contribution in [0, 0.1) is 6.92 Å². The molecule has 2 N–H and O–H groups in total. The average Bonchev–Trinajstić information content (AvgIpc) is 3.37. The van der Waals surface area contributed by atoms with Gasteiger partial charge >= 0.3 is 0 Å². The third-order valence-electron chi connectivity index (χ3n) is 7.49. The SMILES string of the molecule is CCc1ccc(SNC2CCc3ccc(N(Cc4ccc(=O)[nH]c4)C(=O)CCc4ccccc4)cc32)cc1C. The van der Waals surface area contributed by atoms with Crippen molar-refractivity contribution < 1.29 is 4.79 Å². The molecule has 3 aromatic carbocycles. The van der Waals surface area contributed by atoms with Crippen molar-refractivity contribution in [3.8, 4) is 0 Å². The van der Waals surface area contributed by atoms with Gasteiger partial charge in [0.15, 0.2) is 0 Å². The average molecular weight is 538 g/mol. The van der Waals surface area contributed by atoms with Gasteiger partial charge < -0.3 is 9.88 Å². The molecule has 5 rings (SSSR count). The van der Waals surface area contributed by atoms with Crippen molar-refractivity contribution in [2.45, 2.75) is 63.4 Å². The van der Waals surface area contributed by atoms with E-state index in [2.05, 4.69) is 72.1 Å². The van der Waals surface area contributed by atoms with E-state index in [1.165, 1.54) is 33.2 Å². The van der Waals surface area contributed by atoms with Gasteiger partial charge in [-0.1, -0.05) is 55.5 Å². The smallest absolute Gasteiger partial charge is 0.247 e. The summed E-state index contributed by atoms with van der Waals surface area (Å²) in [6, 6.07) is 26.7. The van der Waals surface area contributed by atoms with E-state index in [0.717, 1.165) is 36.1 Å². The Hall–Kier alpha value is -3.61. The summed E-state index contributed by atoms with van der Waals surface area (Å²) in [5.74, 6) is 0.0633. The summed E-state index contributed by atoms with van der Waals surface area (Å²) in [5, 5.41) is 0. The van der Waals surface area contributed by atoms with E-state index in [4.69, 9.17) is 0 Å².